The predicted molar refractivity (Wildman–Crippen MR) is 210 cm³/mol. The van der Waals surface area contributed by atoms with Crippen molar-refractivity contribution in [1.82, 2.24) is 0 Å². The first-order chi connectivity index (χ1) is 21.0. The van der Waals surface area contributed by atoms with E-state index in [4.69, 9.17) is 0 Å². The van der Waals surface area contributed by atoms with E-state index < -0.39 is 0 Å². The van der Waals surface area contributed by atoms with Crippen LogP contribution in [0.1, 0.15) is 179 Å². The molecule has 0 rings (SSSR count). The minimum absolute atomic E-state index is 1.13. The number of allylic oxidation sites excluding steroid dienone is 15. The van der Waals surface area contributed by atoms with E-state index in [0.717, 1.165) is 12.8 Å². The summed E-state index contributed by atoms with van der Waals surface area (Å²) in [5.41, 5.74) is 0. The molecule has 0 bridgehead atoms. The maximum Gasteiger partial charge on any atom is -0.0350 e. The van der Waals surface area contributed by atoms with E-state index in [1.54, 1.807) is 0 Å². The van der Waals surface area contributed by atoms with Crippen molar-refractivity contribution in [1.29, 1.82) is 0 Å². The van der Waals surface area contributed by atoms with Crippen LogP contribution in [0.4, 0.5) is 0 Å². The van der Waals surface area contributed by atoms with Gasteiger partial charge in [-0.3, -0.25) is 0 Å². The van der Waals surface area contributed by atoms with Gasteiger partial charge in [-0.2, -0.15) is 0 Å². The van der Waals surface area contributed by atoms with Gasteiger partial charge in [0.15, 0.2) is 0 Å². The molecule has 0 radical (unpaired) electrons. The van der Waals surface area contributed by atoms with E-state index in [0.29, 0.717) is 0 Å². The van der Waals surface area contributed by atoms with Gasteiger partial charge in [0.1, 0.15) is 0 Å². The lowest BCUT2D eigenvalue weighted by atomic mass is 10.2. The van der Waals surface area contributed by atoms with Gasteiger partial charge in [-0.25, -0.2) is 0 Å². The van der Waals surface area contributed by atoms with Crippen LogP contribution in [-0.4, -0.2) is 0 Å². The molecule has 0 aromatic heterocycles. The molecule has 43 heavy (non-hydrogen) atoms. The molecule has 0 saturated heterocycles. The van der Waals surface area contributed by atoms with Gasteiger partial charge >= 0.3 is 0 Å². The van der Waals surface area contributed by atoms with Crippen LogP contribution in [0, 0.1) is 0 Å². The highest BCUT2D eigenvalue weighted by atomic mass is 13.8. The fourth-order valence-corrected chi connectivity index (χ4v) is 2.65. The Morgan fingerprint density at radius 3 is 1.07 bits per heavy atom. The van der Waals surface area contributed by atoms with Crippen molar-refractivity contribution in [2.24, 2.45) is 0 Å². The lowest BCUT2D eigenvalue weighted by Crippen LogP contribution is -1.66. The topological polar surface area (TPSA) is 0 Å². The Kier molecular flexibility index (Phi) is 89.9. The molecule has 0 atom stereocenters. The monoisotopic (exact) mass is 599 g/mol. The van der Waals surface area contributed by atoms with Crippen LogP contribution in [0.5, 0.6) is 0 Å². The predicted octanol–water partition coefficient (Wildman–Crippen LogP) is 16.5. The summed E-state index contributed by atoms with van der Waals surface area (Å²) >= 11 is 0. The summed E-state index contributed by atoms with van der Waals surface area (Å²) in [6.07, 6.45) is 51.9. The maximum absolute atomic E-state index is 3.55. The van der Waals surface area contributed by atoms with Crippen LogP contribution in [-0.2, 0) is 0 Å². The van der Waals surface area contributed by atoms with E-state index in [-0.39, 0.29) is 0 Å². The Labute approximate surface area is 276 Å². The highest BCUT2D eigenvalue weighted by molar-refractivity contribution is 5.01. The van der Waals surface area contributed by atoms with Gasteiger partial charge in [0.05, 0.1) is 0 Å². The molecule has 0 aliphatic rings. The molecule has 0 heteroatoms. The molecular formula is C43H82. The number of unbranched alkanes of at least 4 members (excludes halogenated alkanes) is 8. The van der Waals surface area contributed by atoms with Crippen LogP contribution >= 0.6 is 0 Å². The van der Waals surface area contributed by atoms with Crippen molar-refractivity contribution in [3.05, 3.63) is 97.7 Å². The summed E-state index contributed by atoms with van der Waals surface area (Å²) in [5, 5.41) is 0. The zero-order chi connectivity index (χ0) is 33.9. The Morgan fingerprint density at radius 1 is 0.349 bits per heavy atom. The van der Waals surface area contributed by atoms with Crippen LogP contribution in [0.15, 0.2) is 97.7 Å². The molecule has 0 amide bonds. The fourth-order valence-electron chi connectivity index (χ4n) is 2.65. The van der Waals surface area contributed by atoms with Crippen molar-refractivity contribution in [3.8, 4) is 0 Å². The van der Waals surface area contributed by atoms with E-state index in [1.165, 1.54) is 89.9 Å². The quantitative estimate of drug-likeness (QED) is 0.0836. The Balaban J connectivity index is -0.0000000964. The van der Waals surface area contributed by atoms with Gasteiger partial charge < -0.3 is 0 Å². The summed E-state index contributed by atoms with van der Waals surface area (Å²) in [6.45, 7) is 27.1. The summed E-state index contributed by atoms with van der Waals surface area (Å²) in [5.74, 6) is 0. The third kappa shape index (κ3) is 109. The standard InChI is InChI=1S/C9H18.C8H16.C8H14.C7H12.C6H12.C5H10/c1-3-5-7-9-8-6-4-2;2*1-3-5-7-8-6-4-2;1-3-5-7-6-4-2;1-3-5-6-4-2;1-3-5-4-2/h7,9H,3-6,8H2,1-2H3;5,7H,3-4,6,8H2,1-2H3;3,5,7-8H,4,6H2,1-2H3;3,5-7H,4H2,1-2H3;3,5H,4,6H2,1-2H3;3H,1,4-5H2,2H3. The fraction of sp³-hybridized carbons (Fsp3) is 0.628. The van der Waals surface area contributed by atoms with Crippen molar-refractivity contribution >= 4 is 0 Å². The second-order valence-corrected chi connectivity index (χ2v) is 9.96. The number of rotatable bonds is 18. The van der Waals surface area contributed by atoms with Gasteiger partial charge in [0.25, 0.3) is 0 Å². The molecule has 0 saturated carbocycles. The van der Waals surface area contributed by atoms with E-state index in [1.807, 2.05) is 38.2 Å². The van der Waals surface area contributed by atoms with Gasteiger partial charge in [-0.05, 0) is 72.1 Å². The Hall–Kier alpha value is -2.08. The minimum atomic E-state index is 1.13. The smallest absolute Gasteiger partial charge is 0.0350 e. The molecule has 0 aromatic carbocycles. The molecule has 0 heterocycles. The SMILES string of the molecule is C=CCCC.CC=CC=CCC.CC=CC=CCCC.CC=CCCC.CCC=CCCCC.CCCC=CCCCC. The van der Waals surface area contributed by atoms with Gasteiger partial charge in [-0.1, -0.05) is 198 Å². The number of hydrogen-bond donors (Lipinski definition) is 0. The summed E-state index contributed by atoms with van der Waals surface area (Å²) in [4.78, 5) is 0. The molecule has 0 unspecified atom stereocenters. The highest BCUT2D eigenvalue weighted by Gasteiger charge is 1.77. The normalized spacial score (nSPS) is 10.7. The zero-order valence-corrected chi connectivity index (χ0v) is 31.7. The molecule has 0 aliphatic carbocycles. The largest absolute Gasteiger partial charge is 0.103 e. The molecule has 254 valence electrons. The first-order valence-electron chi connectivity index (χ1n) is 18.1. The van der Waals surface area contributed by atoms with Crippen LogP contribution in [0.25, 0.3) is 0 Å². The highest BCUT2D eigenvalue weighted by Crippen LogP contribution is 1.97. The molecule has 0 nitrogen and oxygen atoms in total. The summed E-state index contributed by atoms with van der Waals surface area (Å²) < 4.78 is 0. The van der Waals surface area contributed by atoms with Crippen LogP contribution in [0.3, 0.4) is 0 Å². The van der Waals surface area contributed by atoms with Gasteiger partial charge in [0, 0.05) is 0 Å². The molecule has 0 spiro atoms. The minimum Gasteiger partial charge on any atom is -0.103 e. The lowest BCUT2D eigenvalue weighted by molar-refractivity contribution is 0.810. The number of hydrogen-bond acceptors (Lipinski definition) is 0. The maximum atomic E-state index is 3.55. The Bertz CT molecular complexity index is 592. The molecule has 0 fully saturated rings. The van der Waals surface area contributed by atoms with E-state index in [9.17, 15) is 0 Å². The van der Waals surface area contributed by atoms with Gasteiger partial charge in [0.2, 0.25) is 0 Å². The lowest BCUT2D eigenvalue weighted by Gasteiger charge is -1.87. The summed E-state index contributed by atoms with van der Waals surface area (Å²) in [6, 6.07) is 0. The second-order valence-electron chi connectivity index (χ2n) is 9.96. The van der Waals surface area contributed by atoms with E-state index in [2.05, 4.69) is 136 Å². The van der Waals surface area contributed by atoms with Crippen LogP contribution in [0.2, 0.25) is 0 Å². The molecule has 0 aliphatic heterocycles. The van der Waals surface area contributed by atoms with E-state index >= 15 is 0 Å². The van der Waals surface area contributed by atoms with Gasteiger partial charge in [-0.15, -0.1) is 6.58 Å². The van der Waals surface area contributed by atoms with Crippen molar-refractivity contribution in [2.45, 2.75) is 179 Å². The third-order valence-electron chi connectivity index (χ3n) is 5.23. The Morgan fingerprint density at radius 2 is 0.744 bits per heavy atom. The first kappa shape index (κ1) is 53.5. The van der Waals surface area contributed by atoms with Crippen LogP contribution < -0.4 is 0 Å². The average molecular weight is 599 g/mol. The second kappa shape index (κ2) is 72.3. The third-order valence-corrected chi connectivity index (χ3v) is 5.23. The summed E-state index contributed by atoms with van der Waals surface area (Å²) in [7, 11) is 0. The zero-order valence-electron chi connectivity index (χ0n) is 31.7. The van der Waals surface area contributed by atoms with Crippen molar-refractivity contribution in [3.63, 3.8) is 0 Å². The van der Waals surface area contributed by atoms with Crippen molar-refractivity contribution < 1.29 is 0 Å². The van der Waals surface area contributed by atoms with Crippen molar-refractivity contribution in [2.75, 3.05) is 0 Å². The molecule has 0 aromatic rings. The first-order valence-corrected chi connectivity index (χ1v) is 18.1. The average Bonchev–Trinajstić information content (AvgIpc) is 3.03. The molecular weight excluding hydrogens is 516 g/mol. The molecule has 0 N–H and O–H groups in total.